The Hall–Kier alpha value is -1.81. The van der Waals surface area contributed by atoms with E-state index in [-0.39, 0.29) is 5.91 Å². The maximum atomic E-state index is 12.0. The number of ether oxygens (including phenoxy) is 1. The van der Waals surface area contributed by atoms with Crippen molar-refractivity contribution in [3.8, 4) is 5.75 Å². The molecule has 0 aromatic heterocycles. The molecule has 0 heterocycles. The lowest BCUT2D eigenvalue weighted by atomic mass is 10.2. The van der Waals surface area contributed by atoms with E-state index < -0.39 is 6.10 Å². The standard InChI is InChI=1S/C16H16BrNO2/c1-11-8-9-15(14(17)10-11)20-12(2)16(19)18-13-6-4-3-5-7-13/h3-10,12H,1-2H3,(H,18,19)/t12-/m1/s1. The number of rotatable bonds is 4. The van der Waals surface area contributed by atoms with Gasteiger partial charge >= 0.3 is 0 Å². The van der Waals surface area contributed by atoms with E-state index in [1.54, 1.807) is 6.92 Å². The fraction of sp³-hybridized carbons (Fsp3) is 0.188. The molecule has 1 N–H and O–H groups in total. The average molecular weight is 334 g/mol. The molecule has 2 rings (SSSR count). The molecule has 0 unspecified atom stereocenters. The maximum absolute atomic E-state index is 12.0. The zero-order valence-electron chi connectivity index (χ0n) is 11.4. The molecule has 0 saturated carbocycles. The van der Waals surface area contributed by atoms with Crippen LogP contribution < -0.4 is 10.1 Å². The molecule has 4 heteroatoms. The van der Waals surface area contributed by atoms with Gasteiger partial charge in [-0.05, 0) is 59.6 Å². The highest BCUT2D eigenvalue weighted by Gasteiger charge is 2.16. The molecule has 1 atom stereocenters. The van der Waals surface area contributed by atoms with Crippen LogP contribution in [0, 0.1) is 6.92 Å². The molecule has 0 radical (unpaired) electrons. The van der Waals surface area contributed by atoms with Crippen LogP contribution in [0.4, 0.5) is 5.69 Å². The lowest BCUT2D eigenvalue weighted by Gasteiger charge is -2.16. The van der Waals surface area contributed by atoms with E-state index in [1.165, 1.54) is 0 Å². The Morgan fingerprint density at radius 2 is 1.90 bits per heavy atom. The molecule has 0 fully saturated rings. The van der Waals surface area contributed by atoms with Crippen LogP contribution >= 0.6 is 15.9 Å². The van der Waals surface area contributed by atoms with Crippen molar-refractivity contribution >= 4 is 27.5 Å². The van der Waals surface area contributed by atoms with Crippen LogP contribution in [-0.2, 0) is 4.79 Å². The molecule has 104 valence electrons. The molecule has 0 aliphatic carbocycles. The van der Waals surface area contributed by atoms with Gasteiger partial charge < -0.3 is 10.1 Å². The first kappa shape index (κ1) is 14.6. The number of anilines is 1. The molecule has 2 aromatic rings. The van der Waals surface area contributed by atoms with E-state index in [0.29, 0.717) is 5.75 Å². The van der Waals surface area contributed by atoms with Crippen molar-refractivity contribution in [3.63, 3.8) is 0 Å². The lowest BCUT2D eigenvalue weighted by molar-refractivity contribution is -0.122. The Morgan fingerprint density at radius 1 is 1.20 bits per heavy atom. The van der Waals surface area contributed by atoms with Gasteiger partial charge in [-0.15, -0.1) is 0 Å². The second-order valence-corrected chi connectivity index (χ2v) is 5.40. The topological polar surface area (TPSA) is 38.3 Å². The monoisotopic (exact) mass is 333 g/mol. The molecule has 0 aliphatic heterocycles. The highest BCUT2D eigenvalue weighted by atomic mass is 79.9. The highest BCUT2D eigenvalue weighted by molar-refractivity contribution is 9.10. The predicted octanol–water partition coefficient (Wildman–Crippen LogP) is 4.16. The Labute approximate surface area is 127 Å². The number of benzene rings is 2. The fourth-order valence-electron chi connectivity index (χ4n) is 1.71. The number of aryl methyl sites for hydroxylation is 1. The molecule has 1 amide bonds. The number of carbonyl (C=O) groups is 1. The molecule has 20 heavy (non-hydrogen) atoms. The van der Waals surface area contributed by atoms with Crippen LogP contribution in [0.1, 0.15) is 12.5 Å². The van der Waals surface area contributed by atoms with Crippen molar-refractivity contribution < 1.29 is 9.53 Å². The van der Waals surface area contributed by atoms with Crippen molar-refractivity contribution in [2.45, 2.75) is 20.0 Å². The minimum absolute atomic E-state index is 0.177. The molecule has 3 nitrogen and oxygen atoms in total. The van der Waals surface area contributed by atoms with Gasteiger partial charge in [-0.3, -0.25) is 4.79 Å². The first-order valence-corrected chi connectivity index (χ1v) is 7.14. The zero-order chi connectivity index (χ0) is 14.5. The Kier molecular flexibility index (Phi) is 4.79. The van der Waals surface area contributed by atoms with Crippen LogP contribution in [0.15, 0.2) is 53.0 Å². The van der Waals surface area contributed by atoms with Gasteiger partial charge in [-0.1, -0.05) is 24.3 Å². The van der Waals surface area contributed by atoms with Gasteiger partial charge in [-0.25, -0.2) is 0 Å². The summed E-state index contributed by atoms with van der Waals surface area (Å²) in [6.07, 6.45) is -0.575. The summed E-state index contributed by atoms with van der Waals surface area (Å²) in [7, 11) is 0. The summed E-state index contributed by atoms with van der Waals surface area (Å²) >= 11 is 3.43. The number of amides is 1. The number of halogens is 1. The summed E-state index contributed by atoms with van der Waals surface area (Å²) in [5, 5.41) is 2.81. The van der Waals surface area contributed by atoms with Crippen molar-refractivity contribution in [2.75, 3.05) is 5.32 Å². The number of hydrogen-bond donors (Lipinski definition) is 1. The zero-order valence-corrected chi connectivity index (χ0v) is 13.0. The van der Waals surface area contributed by atoms with E-state index in [2.05, 4.69) is 21.2 Å². The van der Waals surface area contributed by atoms with Gasteiger partial charge in [0.25, 0.3) is 5.91 Å². The van der Waals surface area contributed by atoms with Crippen molar-refractivity contribution in [3.05, 3.63) is 58.6 Å². The number of hydrogen-bond acceptors (Lipinski definition) is 2. The van der Waals surface area contributed by atoms with Gasteiger partial charge in [0.15, 0.2) is 6.10 Å². The first-order valence-electron chi connectivity index (χ1n) is 6.35. The smallest absolute Gasteiger partial charge is 0.265 e. The normalized spacial score (nSPS) is 11.8. The summed E-state index contributed by atoms with van der Waals surface area (Å²) in [6, 6.07) is 15.1. The van der Waals surface area contributed by atoms with Crippen LogP contribution in [-0.4, -0.2) is 12.0 Å². The Bertz CT molecular complexity index is 599. The minimum atomic E-state index is -0.575. The third-order valence-electron chi connectivity index (χ3n) is 2.80. The minimum Gasteiger partial charge on any atom is -0.480 e. The van der Waals surface area contributed by atoms with Crippen molar-refractivity contribution in [1.29, 1.82) is 0 Å². The molecule has 0 spiro atoms. The number of carbonyl (C=O) groups excluding carboxylic acids is 1. The van der Waals surface area contributed by atoms with Gasteiger partial charge in [0.2, 0.25) is 0 Å². The van der Waals surface area contributed by atoms with Crippen LogP contribution in [0.5, 0.6) is 5.75 Å². The quantitative estimate of drug-likeness (QED) is 0.912. The van der Waals surface area contributed by atoms with E-state index in [1.807, 2.05) is 55.5 Å². The third-order valence-corrected chi connectivity index (χ3v) is 3.42. The summed E-state index contributed by atoms with van der Waals surface area (Å²) in [5.41, 5.74) is 1.89. The molecule has 0 aliphatic rings. The lowest BCUT2D eigenvalue weighted by Crippen LogP contribution is -2.30. The number of nitrogens with one attached hydrogen (secondary N) is 1. The van der Waals surface area contributed by atoms with E-state index in [0.717, 1.165) is 15.7 Å². The van der Waals surface area contributed by atoms with Gasteiger partial charge in [0, 0.05) is 5.69 Å². The van der Waals surface area contributed by atoms with Crippen LogP contribution in [0.3, 0.4) is 0 Å². The van der Waals surface area contributed by atoms with Gasteiger partial charge in [0.05, 0.1) is 4.47 Å². The van der Waals surface area contributed by atoms with Gasteiger partial charge in [0.1, 0.15) is 5.75 Å². The summed E-state index contributed by atoms with van der Waals surface area (Å²) in [6.45, 7) is 3.73. The molecular formula is C16H16BrNO2. The predicted molar refractivity (Wildman–Crippen MR) is 84.0 cm³/mol. The highest BCUT2D eigenvalue weighted by Crippen LogP contribution is 2.26. The molecule has 0 saturated heterocycles. The Balaban J connectivity index is 2.00. The Morgan fingerprint density at radius 3 is 2.55 bits per heavy atom. The third kappa shape index (κ3) is 3.84. The SMILES string of the molecule is Cc1ccc(O[C@H](C)C(=O)Nc2ccccc2)c(Br)c1. The molecular weight excluding hydrogens is 318 g/mol. The average Bonchev–Trinajstić information content (AvgIpc) is 2.43. The molecule has 2 aromatic carbocycles. The van der Waals surface area contributed by atoms with Gasteiger partial charge in [-0.2, -0.15) is 0 Å². The van der Waals surface area contributed by atoms with E-state index in [9.17, 15) is 4.79 Å². The van der Waals surface area contributed by atoms with Crippen LogP contribution in [0.2, 0.25) is 0 Å². The van der Waals surface area contributed by atoms with E-state index >= 15 is 0 Å². The summed E-state index contributed by atoms with van der Waals surface area (Å²) in [5.74, 6) is 0.481. The summed E-state index contributed by atoms with van der Waals surface area (Å²) in [4.78, 5) is 12.0. The second kappa shape index (κ2) is 6.57. The summed E-state index contributed by atoms with van der Waals surface area (Å²) < 4.78 is 6.52. The van der Waals surface area contributed by atoms with Crippen molar-refractivity contribution in [2.24, 2.45) is 0 Å². The second-order valence-electron chi connectivity index (χ2n) is 4.55. The van der Waals surface area contributed by atoms with Crippen molar-refractivity contribution in [1.82, 2.24) is 0 Å². The van der Waals surface area contributed by atoms with Crippen LogP contribution in [0.25, 0.3) is 0 Å². The first-order chi connectivity index (χ1) is 9.56. The largest absolute Gasteiger partial charge is 0.480 e. The number of para-hydroxylation sites is 1. The van der Waals surface area contributed by atoms with E-state index in [4.69, 9.17) is 4.74 Å². The maximum Gasteiger partial charge on any atom is 0.265 e. The fourth-order valence-corrected chi connectivity index (χ4v) is 2.30. The molecule has 0 bridgehead atoms.